The Hall–Kier alpha value is -1.01. The first-order chi connectivity index (χ1) is 12.0. The van der Waals surface area contributed by atoms with Crippen LogP contribution in [0.4, 0.5) is 0 Å². The van der Waals surface area contributed by atoms with Crippen LogP contribution in [0.5, 0.6) is 5.75 Å². The van der Waals surface area contributed by atoms with E-state index in [9.17, 15) is 4.79 Å². The summed E-state index contributed by atoms with van der Waals surface area (Å²) in [6.45, 7) is 4.49. The highest BCUT2D eigenvalue weighted by Gasteiger charge is 2.35. The predicted octanol–water partition coefficient (Wildman–Crippen LogP) is 4.11. The number of esters is 1. The van der Waals surface area contributed by atoms with Gasteiger partial charge in [-0.3, -0.25) is 4.79 Å². The Kier molecular flexibility index (Phi) is 8.30. The minimum Gasteiger partial charge on any atom is -0.484 e. The van der Waals surface area contributed by atoms with Crippen LogP contribution in [0.15, 0.2) is 24.3 Å². The highest BCUT2D eigenvalue weighted by Crippen LogP contribution is 2.26. The molecule has 0 aromatic heterocycles. The molecule has 1 aromatic carbocycles. The number of hydrogen-bond acceptors (Lipinski definition) is 5. The van der Waals surface area contributed by atoms with Crippen LogP contribution >= 0.6 is 23.4 Å². The molecule has 0 radical (unpaired) electrons. The standard InChI is InChI=1S/C18H25Cl2NO4/c1-3-10-23-16-9-5-8-15(21-20)18(22)24-12(2)17(16)25-14-7-4-6-13(19)11-14/h4,6-7,11-12,15-17,21H,3,5,8-10H2,1-2H3/t12-,15-,16-,17-/m0/s1. The second-order valence-electron chi connectivity index (χ2n) is 6.18. The van der Waals surface area contributed by atoms with Gasteiger partial charge in [-0.1, -0.05) is 24.6 Å². The van der Waals surface area contributed by atoms with Crippen molar-refractivity contribution in [2.75, 3.05) is 6.61 Å². The monoisotopic (exact) mass is 389 g/mol. The molecule has 1 heterocycles. The van der Waals surface area contributed by atoms with E-state index in [1.54, 1.807) is 12.1 Å². The van der Waals surface area contributed by atoms with Gasteiger partial charge in [0.15, 0.2) is 6.10 Å². The van der Waals surface area contributed by atoms with Crippen molar-refractivity contribution in [1.29, 1.82) is 0 Å². The first-order valence-electron chi connectivity index (χ1n) is 8.65. The van der Waals surface area contributed by atoms with Gasteiger partial charge in [-0.05, 0) is 62.6 Å². The molecule has 0 spiro atoms. The molecule has 140 valence electrons. The average molecular weight is 390 g/mol. The summed E-state index contributed by atoms with van der Waals surface area (Å²) in [4.78, 5) is 14.7. The normalized spacial score (nSPS) is 27.8. The quantitative estimate of drug-likeness (QED) is 0.585. The molecule has 1 N–H and O–H groups in total. The van der Waals surface area contributed by atoms with Crippen molar-refractivity contribution in [3.05, 3.63) is 29.3 Å². The van der Waals surface area contributed by atoms with E-state index in [1.807, 2.05) is 19.1 Å². The zero-order valence-electron chi connectivity index (χ0n) is 14.5. The smallest absolute Gasteiger partial charge is 0.324 e. The highest BCUT2D eigenvalue weighted by atomic mass is 35.5. The van der Waals surface area contributed by atoms with E-state index in [-0.39, 0.29) is 12.1 Å². The van der Waals surface area contributed by atoms with Crippen LogP contribution in [-0.4, -0.2) is 36.9 Å². The third kappa shape index (κ3) is 6.03. The Morgan fingerprint density at radius 3 is 2.84 bits per heavy atom. The van der Waals surface area contributed by atoms with Crippen LogP contribution in [-0.2, 0) is 14.3 Å². The van der Waals surface area contributed by atoms with Gasteiger partial charge in [-0.25, -0.2) is 4.84 Å². The van der Waals surface area contributed by atoms with Gasteiger partial charge in [0.25, 0.3) is 0 Å². The lowest BCUT2D eigenvalue weighted by atomic mass is 10.0. The number of carbonyl (C=O) groups excluding carboxylic acids is 1. The number of halogens is 2. The fourth-order valence-corrected chi connectivity index (χ4v) is 3.23. The summed E-state index contributed by atoms with van der Waals surface area (Å²) >= 11 is 11.7. The number of carbonyl (C=O) groups is 1. The number of rotatable bonds is 6. The molecule has 1 fully saturated rings. The summed E-state index contributed by atoms with van der Waals surface area (Å²) in [6, 6.07) is 6.64. The Morgan fingerprint density at radius 1 is 1.36 bits per heavy atom. The Morgan fingerprint density at radius 2 is 2.16 bits per heavy atom. The van der Waals surface area contributed by atoms with Crippen molar-refractivity contribution >= 4 is 29.3 Å². The maximum absolute atomic E-state index is 12.2. The molecule has 0 saturated carbocycles. The molecular formula is C18H25Cl2NO4. The number of ether oxygens (including phenoxy) is 3. The molecule has 1 saturated heterocycles. The van der Waals surface area contributed by atoms with Crippen molar-refractivity contribution in [2.45, 2.75) is 63.9 Å². The van der Waals surface area contributed by atoms with E-state index in [2.05, 4.69) is 11.8 Å². The first kappa shape index (κ1) is 20.3. The average Bonchev–Trinajstić information content (AvgIpc) is 2.63. The van der Waals surface area contributed by atoms with Crippen LogP contribution in [0.3, 0.4) is 0 Å². The molecule has 0 aliphatic carbocycles. The zero-order chi connectivity index (χ0) is 18.2. The molecule has 1 aliphatic heterocycles. The second-order valence-corrected chi connectivity index (χ2v) is 6.84. The molecule has 1 aromatic rings. The Balaban J connectivity index is 2.21. The lowest BCUT2D eigenvalue weighted by molar-refractivity contribution is -0.159. The first-order valence-corrected chi connectivity index (χ1v) is 9.41. The summed E-state index contributed by atoms with van der Waals surface area (Å²) in [5.41, 5.74) is 0. The van der Waals surface area contributed by atoms with Crippen molar-refractivity contribution in [3.8, 4) is 5.75 Å². The number of cyclic esters (lactones) is 1. The predicted molar refractivity (Wildman–Crippen MR) is 98.1 cm³/mol. The topological polar surface area (TPSA) is 56.8 Å². The van der Waals surface area contributed by atoms with Crippen molar-refractivity contribution < 1.29 is 19.0 Å². The molecule has 25 heavy (non-hydrogen) atoms. The van der Waals surface area contributed by atoms with Crippen LogP contribution < -0.4 is 9.57 Å². The SMILES string of the molecule is CCCO[C@H]1CCC[C@H](NCl)C(=O)O[C@@H](C)[C@@H]1Oc1cccc(Cl)c1. The van der Waals surface area contributed by atoms with Gasteiger partial charge < -0.3 is 14.2 Å². The summed E-state index contributed by atoms with van der Waals surface area (Å²) in [6.07, 6.45) is 1.92. The summed E-state index contributed by atoms with van der Waals surface area (Å²) in [5, 5.41) is 0.586. The molecule has 0 bridgehead atoms. The fourth-order valence-electron chi connectivity index (χ4n) is 2.86. The molecule has 1 aliphatic rings. The lowest BCUT2D eigenvalue weighted by Crippen LogP contribution is -2.45. The lowest BCUT2D eigenvalue weighted by Gasteiger charge is -2.31. The van der Waals surface area contributed by atoms with Gasteiger partial charge in [0.2, 0.25) is 0 Å². The Bertz CT molecular complexity index is 558. The van der Waals surface area contributed by atoms with Crippen LogP contribution in [0.1, 0.15) is 39.5 Å². The molecule has 5 nitrogen and oxygen atoms in total. The van der Waals surface area contributed by atoms with E-state index in [4.69, 9.17) is 37.6 Å². The van der Waals surface area contributed by atoms with Gasteiger partial charge in [-0.2, -0.15) is 0 Å². The van der Waals surface area contributed by atoms with E-state index in [0.717, 1.165) is 19.3 Å². The third-order valence-electron chi connectivity index (χ3n) is 4.13. The second kappa shape index (κ2) is 10.2. The van der Waals surface area contributed by atoms with Gasteiger partial charge in [0.1, 0.15) is 17.9 Å². The fraction of sp³-hybridized carbons (Fsp3) is 0.611. The summed E-state index contributed by atoms with van der Waals surface area (Å²) < 4.78 is 17.7. The van der Waals surface area contributed by atoms with Gasteiger partial charge in [0.05, 0.1) is 6.10 Å². The molecule has 7 heteroatoms. The number of hydrogen-bond donors (Lipinski definition) is 1. The van der Waals surface area contributed by atoms with E-state index >= 15 is 0 Å². The van der Waals surface area contributed by atoms with Crippen molar-refractivity contribution in [2.24, 2.45) is 0 Å². The third-order valence-corrected chi connectivity index (χ3v) is 4.63. The number of benzene rings is 1. The van der Waals surface area contributed by atoms with Crippen molar-refractivity contribution in [1.82, 2.24) is 4.84 Å². The molecule has 4 atom stereocenters. The minimum absolute atomic E-state index is 0.184. The highest BCUT2D eigenvalue weighted by molar-refractivity contribution is 6.30. The van der Waals surface area contributed by atoms with Crippen LogP contribution in [0, 0.1) is 0 Å². The molecule has 0 unspecified atom stereocenters. The number of nitrogens with one attached hydrogen (secondary N) is 1. The zero-order valence-corrected chi connectivity index (χ0v) is 16.1. The summed E-state index contributed by atoms with van der Waals surface area (Å²) in [5.74, 6) is 0.245. The van der Waals surface area contributed by atoms with Crippen LogP contribution in [0.2, 0.25) is 5.02 Å². The van der Waals surface area contributed by atoms with Gasteiger partial charge in [-0.15, -0.1) is 0 Å². The maximum atomic E-state index is 12.2. The molecule has 0 amide bonds. The van der Waals surface area contributed by atoms with E-state index in [1.165, 1.54) is 0 Å². The van der Waals surface area contributed by atoms with E-state index < -0.39 is 18.2 Å². The molecular weight excluding hydrogens is 365 g/mol. The van der Waals surface area contributed by atoms with E-state index in [0.29, 0.717) is 23.8 Å². The van der Waals surface area contributed by atoms with Crippen molar-refractivity contribution in [3.63, 3.8) is 0 Å². The molecule has 2 rings (SSSR count). The van der Waals surface area contributed by atoms with Gasteiger partial charge in [0, 0.05) is 11.6 Å². The maximum Gasteiger partial charge on any atom is 0.324 e. The van der Waals surface area contributed by atoms with Crippen LogP contribution in [0.25, 0.3) is 0 Å². The van der Waals surface area contributed by atoms with Gasteiger partial charge >= 0.3 is 5.97 Å². The minimum atomic E-state index is -0.527. The Labute approximate surface area is 159 Å². The summed E-state index contributed by atoms with van der Waals surface area (Å²) in [7, 11) is 0. The largest absolute Gasteiger partial charge is 0.484 e.